The standard InChI is InChI=1S/C19H15ClF3N3O2/c1-28-16-11-26(15-4-2-3-13(9-15)19(21,22)23)25-17(16)18(27)24-10-12-5-7-14(20)8-6-12/h2-9,11H,10H2,1H3,(H,24,27). The molecule has 3 rings (SSSR count). The van der Waals surface area contributed by atoms with E-state index in [-0.39, 0.29) is 23.7 Å². The summed E-state index contributed by atoms with van der Waals surface area (Å²) in [5.41, 5.74) is 0.140. The van der Waals surface area contributed by atoms with E-state index in [1.165, 1.54) is 30.1 Å². The number of nitrogens with zero attached hydrogens (tertiary/aromatic N) is 2. The Morgan fingerprint density at radius 2 is 1.93 bits per heavy atom. The Balaban J connectivity index is 1.82. The topological polar surface area (TPSA) is 56.2 Å². The molecule has 0 unspecified atom stereocenters. The second kappa shape index (κ2) is 7.93. The van der Waals surface area contributed by atoms with Crippen LogP contribution in [-0.4, -0.2) is 22.8 Å². The lowest BCUT2D eigenvalue weighted by Crippen LogP contribution is -2.24. The van der Waals surface area contributed by atoms with Crippen LogP contribution in [0.4, 0.5) is 13.2 Å². The van der Waals surface area contributed by atoms with Gasteiger partial charge in [0.05, 0.1) is 24.6 Å². The summed E-state index contributed by atoms with van der Waals surface area (Å²) in [5.74, 6) is -0.372. The number of benzene rings is 2. The number of methoxy groups -OCH3 is 1. The Bertz CT molecular complexity index is 985. The first kappa shape index (κ1) is 19.8. The molecule has 2 aromatic carbocycles. The highest BCUT2D eigenvalue weighted by Gasteiger charge is 2.30. The van der Waals surface area contributed by atoms with Crippen molar-refractivity contribution in [1.29, 1.82) is 0 Å². The Labute approximate surface area is 163 Å². The minimum atomic E-state index is -4.48. The maximum Gasteiger partial charge on any atom is 0.416 e. The van der Waals surface area contributed by atoms with Gasteiger partial charge in [-0.3, -0.25) is 4.79 Å². The van der Waals surface area contributed by atoms with E-state index >= 15 is 0 Å². The first-order valence-electron chi connectivity index (χ1n) is 8.12. The third-order valence-corrected chi connectivity index (χ3v) is 4.17. The molecule has 0 aliphatic heterocycles. The second-order valence-corrected chi connectivity index (χ2v) is 6.28. The Morgan fingerprint density at radius 3 is 2.57 bits per heavy atom. The number of nitrogens with one attached hydrogen (secondary N) is 1. The molecule has 9 heteroatoms. The van der Waals surface area contributed by atoms with Crippen molar-refractivity contribution in [3.05, 3.63) is 76.6 Å². The normalized spacial score (nSPS) is 11.3. The lowest BCUT2D eigenvalue weighted by molar-refractivity contribution is -0.137. The number of carbonyl (C=O) groups is 1. The number of alkyl halides is 3. The number of rotatable bonds is 5. The maximum absolute atomic E-state index is 12.9. The van der Waals surface area contributed by atoms with E-state index in [9.17, 15) is 18.0 Å². The van der Waals surface area contributed by atoms with Gasteiger partial charge in [0.15, 0.2) is 11.4 Å². The van der Waals surface area contributed by atoms with Crippen LogP contribution in [0, 0.1) is 0 Å². The fourth-order valence-electron chi connectivity index (χ4n) is 2.49. The summed E-state index contributed by atoms with van der Waals surface area (Å²) in [6.07, 6.45) is -3.13. The minimum absolute atomic E-state index is 0.0334. The summed E-state index contributed by atoms with van der Waals surface area (Å²) in [4.78, 5) is 12.5. The zero-order chi connectivity index (χ0) is 20.3. The van der Waals surface area contributed by atoms with Crippen molar-refractivity contribution in [2.45, 2.75) is 12.7 Å². The molecular formula is C19H15ClF3N3O2. The lowest BCUT2D eigenvalue weighted by atomic mass is 10.2. The molecule has 1 amide bonds. The molecule has 1 N–H and O–H groups in total. The zero-order valence-corrected chi connectivity index (χ0v) is 15.4. The molecule has 0 atom stereocenters. The first-order valence-corrected chi connectivity index (χ1v) is 8.49. The summed E-state index contributed by atoms with van der Waals surface area (Å²) in [6.45, 7) is 0.232. The van der Waals surface area contributed by atoms with Crippen LogP contribution in [0.25, 0.3) is 5.69 Å². The molecule has 0 aliphatic carbocycles. The summed E-state index contributed by atoms with van der Waals surface area (Å²) in [6, 6.07) is 11.6. The van der Waals surface area contributed by atoms with Crippen molar-refractivity contribution in [1.82, 2.24) is 15.1 Å². The predicted molar refractivity (Wildman–Crippen MR) is 97.7 cm³/mol. The summed E-state index contributed by atoms with van der Waals surface area (Å²) < 4.78 is 45.1. The summed E-state index contributed by atoms with van der Waals surface area (Å²) in [7, 11) is 1.35. The van der Waals surface area contributed by atoms with Crippen molar-refractivity contribution < 1.29 is 22.7 Å². The van der Waals surface area contributed by atoms with Gasteiger partial charge in [-0.25, -0.2) is 4.68 Å². The van der Waals surface area contributed by atoms with Crippen LogP contribution in [0.3, 0.4) is 0 Å². The number of halogens is 4. The molecule has 0 aliphatic rings. The van der Waals surface area contributed by atoms with Crippen molar-refractivity contribution in [2.24, 2.45) is 0 Å². The van der Waals surface area contributed by atoms with Gasteiger partial charge in [-0.2, -0.15) is 18.3 Å². The molecule has 1 aromatic heterocycles. The minimum Gasteiger partial charge on any atom is -0.493 e. The molecule has 0 bridgehead atoms. The van der Waals surface area contributed by atoms with Gasteiger partial charge >= 0.3 is 6.18 Å². The van der Waals surface area contributed by atoms with Crippen LogP contribution >= 0.6 is 11.6 Å². The van der Waals surface area contributed by atoms with Crippen molar-refractivity contribution >= 4 is 17.5 Å². The van der Waals surface area contributed by atoms with E-state index < -0.39 is 17.6 Å². The summed E-state index contributed by atoms with van der Waals surface area (Å²) in [5, 5.41) is 7.36. The molecule has 0 saturated heterocycles. The van der Waals surface area contributed by atoms with E-state index in [1.54, 1.807) is 24.3 Å². The van der Waals surface area contributed by atoms with Gasteiger partial charge in [0, 0.05) is 11.6 Å². The summed E-state index contributed by atoms with van der Waals surface area (Å²) >= 11 is 5.82. The SMILES string of the molecule is COc1cn(-c2cccc(C(F)(F)F)c2)nc1C(=O)NCc1ccc(Cl)cc1. The van der Waals surface area contributed by atoms with Crippen LogP contribution in [-0.2, 0) is 12.7 Å². The Kier molecular flexibility index (Phi) is 5.60. The third kappa shape index (κ3) is 4.45. The Morgan fingerprint density at radius 1 is 1.21 bits per heavy atom. The maximum atomic E-state index is 12.9. The van der Waals surface area contributed by atoms with Crippen molar-refractivity contribution in [3.63, 3.8) is 0 Å². The van der Waals surface area contributed by atoms with Crippen LogP contribution in [0.1, 0.15) is 21.6 Å². The zero-order valence-electron chi connectivity index (χ0n) is 14.6. The molecule has 146 valence electrons. The van der Waals surface area contributed by atoms with Gasteiger partial charge < -0.3 is 10.1 Å². The first-order chi connectivity index (χ1) is 13.3. The fraction of sp³-hybridized carbons (Fsp3) is 0.158. The van der Waals surface area contributed by atoms with Gasteiger partial charge in [-0.1, -0.05) is 29.8 Å². The van der Waals surface area contributed by atoms with E-state index in [4.69, 9.17) is 16.3 Å². The molecule has 5 nitrogen and oxygen atoms in total. The molecule has 1 heterocycles. The third-order valence-electron chi connectivity index (χ3n) is 3.92. The van der Waals surface area contributed by atoms with Gasteiger partial charge in [-0.05, 0) is 35.9 Å². The predicted octanol–water partition coefficient (Wildman–Crippen LogP) is 4.48. The monoisotopic (exact) mass is 409 g/mol. The molecule has 0 spiro atoms. The number of carbonyl (C=O) groups excluding carboxylic acids is 1. The largest absolute Gasteiger partial charge is 0.493 e. The highest BCUT2D eigenvalue weighted by molar-refractivity contribution is 6.30. The number of amides is 1. The molecule has 28 heavy (non-hydrogen) atoms. The van der Waals surface area contributed by atoms with Crippen LogP contribution < -0.4 is 10.1 Å². The lowest BCUT2D eigenvalue weighted by Gasteiger charge is -2.08. The molecule has 0 radical (unpaired) electrons. The fourth-order valence-corrected chi connectivity index (χ4v) is 2.62. The van der Waals surface area contributed by atoms with Gasteiger partial charge in [0.25, 0.3) is 5.91 Å². The number of aromatic nitrogens is 2. The average Bonchev–Trinajstić information content (AvgIpc) is 3.11. The highest BCUT2D eigenvalue weighted by atomic mass is 35.5. The Hall–Kier alpha value is -3.00. The van der Waals surface area contributed by atoms with Crippen molar-refractivity contribution in [3.8, 4) is 11.4 Å². The van der Waals surface area contributed by atoms with E-state index in [0.29, 0.717) is 5.02 Å². The molecule has 0 saturated carbocycles. The van der Waals surface area contributed by atoms with E-state index in [2.05, 4.69) is 10.4 Å². The van der Waals surface area contributed by atoms with E-state index in [0.717, 1.165) is 17.7 Å². The van der Waals surface area contributed by atoms with Crippen LogP contribution in [0.15, 0.2) is 54.7 Å². The van der Waals surface area contributed by atoms with Crippen molar-refractivity contribution in [2.75, 3.05) is 7.11 Å². The van der Waals surface area contributed by atoms with Gasteiger partial charge in [-0.15, -0.1) is 0 Å². The quantitative estimate of drug-likeness (QED) is 0.675. The van der Waals surface area contributed by atoms with Gasteiger partial charge in [0.2, 0.25) is 0 Å². The number of hydrogen-bond acceptors (Lipinski definition) is 3. The number of ether oxygens (including phenoxy) is 1. The highest BCUT2D eigenvalue weighted by Crippen LogP contribution is 2.30. The average molecular weight is 410 g/mol. The smallest absolute Gasteiger partial charge is 0.416 e. The molecular weight excluding hydrogens is 395 g/mol. The van der Waals surface area contributed by atoms with Crippen LogP contribution in [0.5, 0.6) is 5.75 Å². The second-order valence-electron chi connectivity index (χ2n) is 5.85. The number of hydrogen-bond donors (Lipinski definition) is 1. The molecule has 3 aromatic rings. The van der Waals surface area contributed by atoms with Gasteiger partial charge in [0.1, 0.15) is 0 Å². The molecule has 0 fully saturated rings. The van der Waals surface area contributed by atoms with Crippen LogP contribution in [0.2, 0.25) is 5.02 Å². The van der Waals surface area contributed by atoms with E-state index in [1.807, 2.05) is 0 Å².